The quantitative estimate of drug-likeness (QED) is 0.902. The van der Waals surface area contributed by atoms with Crippen molar-refractivity contribution in [2.24, 2.45) is 0 Å². The number of aromatic carboxylic acids is 1. The molecule has 0 saturated carbocycles. The Morgan fingerprint density at radius 1 is 1.25 bits per heavy atom. The van der Waals surface area contributed by atoms with E-state index in [-0.39, 0.29) is 5.56 Å². The molecular weight excluding hydrogens is 276 g/mol. The Balaban J connectivity index is 2.14. The number of carbonyl (C=O) groups is 1. The number of hydrogen-bond donors (Lipinski definition) is 2. The molecule has 0 spiro atoms. The SMILES string of the molecule is N#Cc1ccc(CNc2ccc(Cl)cc2C(=O)O)cc1. The molecule has 0 heterocycles. The zero-order valence-corrected chi connectivity index (χ0v) is 11.2. The van der Waals surface area contributed by atoms with Gasteiger partial charge < -0.3 is 10.4 Å². The average molecular weight is 287 g/mol. The van der Waals surface area contributed by atoms with E-state index < -0.39 is 5.97 Å². The molecule has 4 nitrogen and oxygen atoms in total. The summed E-state index contributed by atoms with van der Waals surface area (Å²) in [5, 5.41) is 21.3. The van der Waals surface area contributed by atoms with Crippen LogP contribution in [0.25, 0.3) is 0 Å². The molecule has 2 N–H and O–H groups in total. The minimum absolute atomic E-state index is 0.131. The molecule has 0 aliphatic rings. The van der Waals surface area contributed by atoms with Crippen LogP contribution in [-0.4, -0.2) is 11.1 Å². The molecule has 5 heteroatoms. The summed E-state index contributed by atoms with van der Waals surface area (Å²) in [5.74, 6) is -1.03. The largest absolute Gasteiger partial charge is 0.478 e. The second-order valence-corrected chi connectivity index (χ2v) is 4.59. The van der Waals surface area contributed by atoms with Crippen LogP contribution in [0.4, 0.5) is 5.69 Å². The van der Waals surface area contributed by atoms with E-state index in [1.807, 2.05) is 18.2 Å². The monoisotopic (exact) mass is 286 g/mol. The highest BCUT2D eigenvalue weighted by Gasteiger charge is 2.10. The number of benzene rings is 2. The molecule has 0 radical (unpaired) electrons. The van der Waals surface area contributed by atoms with E-state index in [9.17, 15) is 4.79 Å². The van der Waals surface area contributed by atoms with Crippen LogP contribution in [0.2, 0.25) is 5.02 Å². The molecule has 0 atom stereocenters. The summed E-state index contributed by atoms with van der Waals surface area (Å²) in [6.45, 7) is 0.466. The zero-order chi connectivity index (χ0) is 14.5. The first-order chi connectivity index (χ1) is 9.60. The van der Waals surface area contributed by atoms with Crippen LogP contribution < -0.4 is 5.32 Å². The van der Waals surface area contributed by atoms with Crippen LogP contribution in [0.3, 0.4) is 0 Å². The van der Waals surface area contributed by atoms with Crippen LogP contribution in [0.15, 0.2) is 42.5 Å². The van der Waals surface area contributed by atoms with Gasteiger partial charge >= 0.3 is 5.97 Å². The van der Waals surface area contributed by atoms with Crippen LogP contribution >= 0.6 is 11.6 Å². The first kappa shape index (κ1) is 13.9. The normalized spacial score (nSPS) is 9.80. The van der Waals surface area contributed by atoms with E-state index in [1.54, 1.807) is 24.3 Å². The summed E-state index contributed by atoms with van der Waals surface area (Å²) in [6, 6.07) is 13.8. The third-order valence-electron chi connectivity index (χ3n) is 2.78. The molecule has 0 saturated heterocycles. The van der Waals surface area contributed by atoms with E-state index in [1.165, 1.54) is 6.07 Å². The highest BCUT2D eigenvalue weighted by atomic mass is 35.5. The van der Waals surface area contributed by atoms with Crippen molar-refractivity contribution < 1.29 is 9.90 Å². The van der Waals surface area contributed by atoms with E-state index in [4.69, 9.17) is 22.0 Å². The van der Waals surface area contributed by atoms with Gasteiger partial charge in [0.1, 0.15) is 0 Å². The second-order valence-electron chi connectivity index (χ2n) is 4.16. The lowest BCUT2D eigenvalue weighted by Crippen LogP contribution is -2.06. The van der Waals surface area contributed by atoms with Crippen molar-refractivity contribution >= 4 is 23.3 Å². The van der Waals surface area contributed by atoms with Gasteiger partial charge in [0.15, 0.2) is 0 Å². The molecule has 100 valence electrons. The number of nitriles is 1. The number of halogens is 1. The van der Waals surface area contributed by atoms with E-state index in [0.717, 1.165) is 5.56 Å². The van der Waals surface area contributed by atoms with Gasteiger partial charge in [0.05, 0.1) is 17.2 Å². The highest BCUT2D eigenvalue weighted by Crippen LogP contribution is 2.21. The number of nitrogens with one attached hydrogen (secondary N) is 1. The first-order valence-electron chi connectivity index (χ1n) is 5.86. The third kappa shape index (κ3) is 3.28. The summed E-state index contributed by atoms with van der Waals surface area (Å²) < 4.78 is 0. The fourth-order valence-electron chi connectivity index (χ4n) is 1.74. The van der Waals surface area contributed by atoms with Crippen molar-refractivity contribution in [3.05, 3.63) is 64.2 Å². The molecule has 0 aliphatic heterocycles. The summed E-state index contributed by atoms with van der Waals surface area (Å²) in [5.41, 5.74) is 2.18. The van der Waals surface area contributed by atoms with Gasteiger partial charge in [0.2, 0.25) is 0 Å². The summed E-state index contributed by atoms with van der Waals surface area (Å²) in [6.07, 6.45) is 0. The van der Waals surface area contributed by atoms with Crippen LogP contribution in [0.5, 0.6) is 0 Å². The zero-order valence-electron chi connectivity index (χ0n) is 10.4. The Bertz CT molecular complexity index is 675. The van der Waals surface area contributed by atoms with Crippen molar-refractivity contribution in [3.8, 4) is 6.07 Å². The third-order valence-corrected chi connectivity index (χ3v) is 3.01. The lowest BCUT2D eigenvalue weighted by Gasteiger charge is -2.10. The maximum absolute atomic E-state index is 11.1. The van der Waals surface area contributed by atoms with Gasteiger partial charge in [-0.2, -0.15) is 5.26 Å². The number of anilines is 1. The molecule has 0 unspecified atom stereocenters. The molecule has 0 aliphatic carbocycles. The van der Waals surface area contributed by atoms with Crippen LogP contribution in [0.1, 0.15) is 21.5 Å². The molecule has 2 aromatic rings. The highest BCUT2D eigenvalue weighted by molar-refractivity contribution is 6.31. The van der Waals surface area contributed by atoms with Crippen molar-refractivity contribution in [3.63, 3.8) is 0 Å². The Hall–Kier alpha value is -2.51. The maximum atomic E-state index is 11.1. The van der Waals surface area contributed by atoms with E-state index in [2.05, 4.69) is 5.32 Å². The first-order valence-corrected chi connectivity index (χ1v) is 6.23. The molecule has 2 aromatic carbocycles. The second kappa shape index (κ2) is 6.09. The molecule has 0 fully saturated rings. The van der Waals surface area contributed by atoms with Crippen molar-refractivity contribution in [1.29, 1.82) is 5.26 Å². The van der Waals surface area contributed by atoms with Gasteiger partial charge in [-0.25, -0.2) is 4.79 Å². The smallest absolute Gasteiger partial charge is 0.337 e. The van der Waals surface area contributed by atoms with Crippen molar-refractivity contribution in [2.45, 2.75) is 6.54 Å². The van der Waals surface area contributed by atoms with Crippen LogP contribution in [0, 0.1) is 11.3 Å². The van der Waals surface area contributed by atoms with Gasteiger partial charge in [0, 0.05) is 17.3 Å². The van der Waals surface area contributed by atoms with Gasteiger partial charge in [-0.05, 0) is 35.9 Å². The molecule has 2 rings (SSSR count). The van der Waals surface area contributed by atoms with Crippen molar-refractivity contribution in [1.82, 2.24) is 0 Å². The lowest BCUT2D eigenvalue weighted by molar-refractivity contribution is 0.0698. The number of rotatable bonds is 4. The minimum Gasteiger partial charge on any atom is -0.478 e. The van der Waals surface area contributed by atoms with Crippen LogP contribution in [-0.2, 0) is 6.54 Å². The van der Waals surface area contributed by atoms with Gasteiger partial charge in [-0.1, -0.05) is 23.7 Å². The van der Waals surface area contributed by atoms with Gasteiger partial charge in [0.25, 0.3) is 0 Å². The number of carboxylic acids is 1. The number of nitrogens with zero attached hydrogens (tertiary/aromatic N) is 1. The minimum atomic E-state index is -1.03. The fourth-order valence-corrected chi connectivity index (χ4v) is 1.91. The van der Waals surface area contributed by atoms with Gasteiger partial charge in [-0.3, -0.25) is 0 Å². The lowest BCUT2D eigenvalue weighted by atomic mass is 10.1. The predicted molar refractivity (Wildman–Crippen MR) is 76.9 cm³/mol. The molecular formula is C15H11ClN2O2. The Morgan fingerprint density at radius 3 is 2.55 bits per heavy atom. The Labute approximate surface area is 121 Å². The van der Waals surface area contributed by atoms with Crippen molar-refractivity contribution in [2.75, 3.05) is 5.32 Å². The van der Waals surface area contributed by atoms with Gasteiger partial charge in [-0.15, -0.1) is 0 Å². The van der Waals surface area contributed by atoms with E-state index >= 15 is 0 Å². The predicted octanol–water partition coefficient (Wildman–Crippen LogP) is 3.52. The van der Waals surface area contributed by atoms with E-state index in [0.29, 0.717) is 22.8 Å². The summed E-state index contributed by atoms with van der Waals surface area (Å²) >= 11 is 5.79. The Kier molecular flexibility index (Phi) is 4.24. The summed E-state index contributed by atoms with van der Waals surface area (Å²) in [4.78, 5) is 11.1. The Morgan fingerprint density at radius 2 is 1.95 bits per heavy atom. The maximum Gasteiger partial charge on any atom is 0.337 e. The summed E-state index contributed by atoms with van der Waals surface area (Å²) in [7, 11) is 0. The standard InChI is InChI=1S/C15H11ClN2O2/c16-12-5-6-14(13(7-12)15(19)20)18-9-11-3-1-10(8-17)2-4-11/h1-7,18H,9H2,(H,19,20). The fraction of sp³-hybridized carbons (Fsp3) is 0.0667. The molecule has 20 heavy (non-hydrogen) atoms. The molecule has 0 amide bonds. The average Bonchev–Trinajstić information content (AvgIpc) is 2.46. The number of carboxylic acid groups (broad SMARTS) is 1. The molecule has 0 bridgehead atoms. The topological polar surface area (TPSA) is 73.1 Å². The number of hydrogen-bond acceptors (Lipinski definition) is 3. The molecule has 0 aromatic heterocycles.